The van der Waals surface area contributed by atoms with Crippen molar-refractivity contribution in [2.24, 2.45) is 10.7 Å². The predicted molar refractivity (Wildman–Crippen MR) is 71.8 cm³/mol. The first kappa shape index (κ1) is 13.4. The van der Waals surface area contributed by atoms with E-state index in [1.807, 2.05) is 0 Å². The summed E-state index contributed by atoms with van der Waals surface area (Å²) in [4.78, 5) is 3.89. The molecule has 1 aromatic carbocycles. The Balaban J connectivity index is 2.55. The minimum absolute atomic E-state index is 0.0735. The Labute approximate surface area is 122 Å². The molecule has 0 spiro atoms. The van der Waals surface area contributed by atoms with Gasteiger partial charge >= 0.3 is 0 Å². The fourth-order valence-electron chi connectivity index (χ4n) is 1.45. The Bertz CT molecular complexity index is 488. The number of rotatable bonds is 1. The molecule has 0 radical (unpaired) electrons. The van der Waals surface area contributed by atoms with E-state index in [2.05, 4.69) is 4.99 Å². The fraction of sp³-hybridized carbons (Fsp3) is 0.222. The summed E-state index contributed by atoms with van der Waals surface area (Å²) in [6.07, 6.45) is -0.498. The van der Waals surface area contributed by atoms with Gasteiger partial charge in [-0.15, -0.1) is 0 Å². The number of hydrogen-bond acceptors (Lipinski definition) is 3. The van der Waals surface area contributed by atoms with Gasteiger partial charge in [0.25, 0.3) is 6.02 Å². The van der Waals surface area contributed by atoms with Gasteiger partial charge in [0, 0.05) is 5.56 Å². The van der Waals surface area contributed by atoms with Crippen molar-refractivity contribution in [3.05, 3.63) is 30.7 Å². The van der Waals surface area contributed by atoms with Crippen molar-refractivity contribution in [3.63, 3.8) is 0 Å². The smallest absolute Gasteiger partial charge is 0.282 e. The molecule has 0 fully saturated rings. The molecule has 0 amide bonds. The zero-order valence-corrected chi connectivity index (χ0v) is 11.9. The van der Waals surface area contributed by atoms with Gasteiger partial charge in [0.1, 0.15) is 6.10 Å². The lowest BCUT2D eigenvalue weighted by Crippen LogP contribution is -2.13. The van der Waals surface area contributed by atoms with Crippen LogP contribution in [0.15, 0.2) is 4.99 Å². The molecule has 0 aromatic heterocycles. The maximum Gasteiger partial charge on any atom is 0.282 e. The maximum absolute atomic E-state index is 6.07. The van der Waals surface area contributed by atoms with Crippen LogP contribution in [0.2, 0.25) is 25.1 Å². The first-order valence-electron chi connectivity index (χ1n) is 4.41. The van der Waals surface area contributed by atoms with Gasteiger partial charge in [0.05, 0.1) is 31.7 Å². The van der Waals surface area contributed by atoms with E-state index in [0.717, 1.165) is 0 Å². The third-order valence-electron chi connectivity index (χ3n) is 2.24. The van der Waals surface area contributed by atoms with Gasteiger partial charge in [-0.3, -0.25) is 0 Å². The normalized spacial score (nSPS) is 19.1. The third-order valence-corrected chi connectivity index (χ3v) is 4.55. The van der Waals surface area contributed by atoms with Crippen molar-refractivity contribution in [2.75, 3.05) is 6.54 Å². The number of nitrogens with zero attached hydrogens (tertiary/aromatic N) is 1. The monoisotopic (exact) mass is 332 g/mol. The summed E-state index contributed by atoms with van der Waals surface area (Å²) < 4.78 is 5.26. The van der Waals surface area contributed by atoms with Crippen LogP contribution in [-0.4, -0.2) is 12.6 Å². The summed E-state index contributed by atoms with van der Waals surface area (Å²) in [6, 6.07) is 0.0735. The van der Waals surface area contributed by atoms with Crippen LogP contribution in [0.1, 0.15) is 11.7 Å². The minimum atomic E-state index is -0.498. The average molecular weight is 334 g/mol. The molecule has 1 aromatic rings. The lowest BCUT2D eigenvalue weighted by atomic mass is 10.1. The van der Waals surface area contributed by atoms with Crippen molar-refractivity contribution in [2.45, 2.75) is 6.10 Å². The Morgan fingerprint density at radius 3 is 1.82 bits per heavy atom. The molecule has 0 aliphatic carbocycles. The van der Waals surface area contributed by atoms with Crippen molar-refractivity contribution >= 4 is 64.0 Å². The number of nitrogens with two attached hydrogens (primary N) is 1. The molecule has 3 nitrogen and oxygen atoms in total. The zero-order valence-electron chi connectivity index (χ0n) is 8.11. The SMILES string of the molecule is NC1=NCC(c2c(Cl)c(Cl)c(Cl)c(Cl)c2Cl)O1. The molecule has 0 saturated carbocycles. The number of ether oxygens (including phenoxy) is 1. The molecular weight excluding hydrogens is 329 g/mol. The van der Waals surface area contributed by atoms with Gasteiger partial charge in [-0.25, -0.2) is 4.99 Å². The predicted octanol–water partition coefficient (Wildman–Crippen LogP) is 4.34. The second-order valence-electron chi connectivity index (χ2n) is 3.27. The van der Waals surface area contributed by atoms with Crippen molar-refractivity contribution in [3.8, 4) is 0 Å². The van der Waals surface area contributed by atoms with Crippen LogP contribution in [0, 0.1) is 0 Å². The van der Waals surface area contributed by atoms with Crippen molar-refractivity contribution in [1.82, 2.24) is 0 Å². The molecule has 1 aliphatic rings. The van der Waals surface area contributed by atoms with Crippen molar-refractivity contribution < 1.29 is 4.74 Å². The molecule has 1 aliphatic heterocycles. The van der Waals surface area contributed by atoms with E-state index in [1.54, 1.807) is 0 Å². The van der Waals surface area contributed by atoms with E-state index >= 15 is 0 Å². The van der Waals surface area contributed by atoms with E-state index in [-0.39, 0.29) is 31.1 Å². The molecule has 2 rings (SSSR count). The minimum Gasteiger partial charge on any atom is -0.455 e. The molecule has 8 heteroatoms. The Morgan fingerprint density at radius 1 is 0.941 bits per heavy atom. The highest BCUT2D eigenvalue weighted by Crippen LogP contribution is 2.47. The van der Waals surface area contributed by atoms with E-state index in [0.29, 0.717) is 12.1 Å². The van der Waals surface area contributed by atoms with Gasteiger partial charge in [-0.2, -0.15) is 0 Å². The Morgan fingerprint density at radius 2 is 1.41 bits per heavy atom. The van der Waals surface area contributed by atoms with Crippen LogP contribution in [0.5, 0.6) is 0 Å². The highest BCUT2D eigenvalue weighted by atomic mass is 35.5. The van der Waals surface area contributed by atoms with Gasteiger partial charge in [-0.05, 0) is 0 Å². The standard InChI is InChI=1S/C9H5Cl5N2O/c10-4-3(2-1-16-9(15)17-2)5(11)7(13)8(14)6(4)12/h2H,1H2,(H2,15,16). The summed E-state index contributed by atoms with van der Waals surface area (Å²) in [7, 11) is 0. The molecule has 92 valence electrons. The first-order valence-corrected chi connectivity index (χ1v) is 6.30. The number of benzene rings is 1. The van der Waals surface area contributed by atoms with E-state index in [4.69, 9.17) is 68.5 Å². The quantitative estimate of drug-likeness (QED) is 0.613. The Kier molecular flexibility index (Phi) is 3.86. The Hall–Kier alpha value is -0.0600. The average Bonchev–Trinajstić information content (AvgIpc) is 2.71. The number of hydrogen-bond donors (Lipinski definition) is 1. The molecular formula is C9H5Cl5N2O. The molecule has 0 bridgehead atoms. The largest absolute Gasteiger partial charge is 0.455 e. The molecule has 1 heterocycles. The van der Waals surface area contributed by atoms with Crippen LogP contribution in [0.4, 0.5) is 0 Å². The summed E-state index contributed by atoms with van der Waals surface area (Å²) in [6.45, 7) is 0.305. The summed E-state index contributed by atoms with van der Waals surface area (Å²) in [5, 5.41) is 0.763. The highest BCUT2D eigenvalue weighted by Gasteiger charge is 2.29. The van der Waals surface area contributed by atoms with Gasteiger partial charge in [0.2, 0.25) is 0 Å². The van der Waals surface area contributed by atoms with Crippen LogP contribution in [0.3, 0.4) is 0 Å². The summed E-state index contributed by atoms with van der Waals surface area (Å²) >= 11 is 29.9. The number of halogens is 5. The maximum atomic E-state index is 6.07. The zero-order chi connectivity index (χ0) is 12.7. The number of amidine groups is 1. The number of aliphatic imine (C=N–C) groups is 1. The molecule has 17 heavy (non-hydrogen) atoms. The van der Waals surface area contributed by atoms with E-state index < -0.39 is 6.10 Å². The lowest BCUT2D eigenvalue weighted by molar-refractivity contribution is 0.226. The summed E-state index contributed by atoms with van der Waals surface area (Å²) in [5.74, 6) is 0. The van der Waals surface area contributed by atoms with Crippen LogP contribution >= 0.6 is 58.0 Å². The van der Waals surface area contributed by atoms with Crippen LogP contribution in [-0.2, 0) is 4.74 Å². The van der Waals surface area contributed by atoms with E-state index in [9.17, 15) is 0 Å². The molecule has 0 saturated heterocycles. The van der Waals surface area contributed by atoms with Crippen LogP contribution in [0.25, 0.3) is 0 Å². The van der Waals surface area contributed by atoms with Crippen molar-refractivity contribution in [1.29, 1.82) is 0 Å². The highest BCUT2D eigenvalue weighted by molar-refractivity contribution is 6.55. The summed E-state index contributed by atoms with van der Waals surface area (Å²) in [5.41, 5.74) is 5.86. The third kappa shape index (κ3) is 2.27. The fourth-order valence-corrected chi connectivity index (χ4v) is 2.84. The second-order valence-corrected chi connectivity index (χ2v) is 5.16. The van der Waals surface area contributed by atoms with Crippen LogP contribution < -0.4 is 5.73 Å². The van der Waals surface area contributed by atoms with Gasteiger partial charge < -0.3 is 10.5 Å². The topological polar surface area (TPSA) is 47.6 Å². The van der Waals surface area contributed by atoms with Gasteiger partial charge in [0.15, 0.2) is 0 Å². The lowest BCUT2D eigenvalue weighted by Gasteiger charge is -2.17. The molecule has 1 unspecified atom stereocenters. The molecule has 2 N–H and O–H groups in total. The van der Waals surface area contributed by atoms with Gasteiger partial charge in [-0.1, -0.05) is 58.0 Å². The van der Waals surface area contributed by atoms with E-state index in [1.165, 1.54) is 0 Å². The first-order chi connectivity index (χ1) is 7.93. The second kappa shape index (κ2) is 4.90. The molecule has 1 atom stereocenters.